The largest absolute Gasteiger partial charge is 0.496 e. The van der Waals surface area contributed by atoms with E-state index in [0.717, 1.165) is 16.3 Å². The normalized spacial score (nSPS) is 11.0. The summed E-state index contributed by atoms with van der Waals surface area (Å²) in [5.41, 5.74) is 2.47. The Labute approximate surface area is 152 Å². The summed E-state index contributed by atoms with van der Waals surface area (Å²) in [7, 11) is 1.57. The highest BCUT2D eigenvalue weighted by Crippen LogP contribution is 2.30. The average Bonchev–Trinajstić information content (AvgIpc) is 2.67. The van der Waals surface area contributed by atoms with Gasteiger partial charge in [-0.3, -0.25) is 4.79 Å². The van der Waals surface area contributed by atoms with E-state index >= 15 is 0 Å². The molecule has 26 heavy (non-hydrogen) atoms. The fraction of sp³-hybridized carbons (Fsp3) is 0.0909. The summed E-state index contributed by atoms with van der Waals surface area (Å²) in [6, 6.07) is 21.0. The van der Waals surface area contributed by atoms with Crippen LogP contribution in [0.25, 0.3) is 16.8 Å². The van der Waals surface area contributed by atoms with Crippen molar-refractivity contribution in [1.29, 1.82) is 5.26 Å². The van der Waals surface area contributed by atoms with Crippen molar-refractivity contribution in [2.45, 2.75) is 6.92 Å². The topological polar surface area (TPSA) is 62.1 Å². The molecular weight excluding hydrogens is 324 g/mol. The first-order valence-electron chi connectivity index (χ1n) is 8.18. The van der Waals surface area contributed by atoms with E-state index in [-0.39, 0.29) is 5.57 Å². The van der Waals surface area contributed by atoms with Crippen molar-refractivity contribution in [2.24, 2.45) is 0 Å². The lowest BCUT2D eigenvalue weighted by atomic mass is 10.0. The summed E-state index contributed by atoms with van der Waals surface area (Å²) in [5.74, 6) is 0.158. The summed E-state index contributed by atoms with van der Waals surface area (Å²) in [6.07, 6.45) is 1.57. The second-order valence-corrected chi connectivity index (χ2v) is 5.89. The van der Waals surface area contributed by atoms with Gasteiger partial charge in [0.15, 0.2) is 0 Å². The lowest BCUT2D eigenvalue weighted by molar-refractivity contribution is -0.112. The van der Waals surface area contributed by atoms with Gasteiger partial charge in [0.25, 0.3) is 5.91 Å². The van der Waals surface area contributed by atoms with Crippen molar-refractivity contribution in [2.75, 3.05) is 12.4 Å². The Hall–Kier alpha value is -3.58. The van der Waals surface area contributed by atoms with E-state index in [1.807, 2.05) is 61.5 Å². The molecule has 0 aliphatic rings. The van der Waals surface area contributed by atoms with Crippen molar-refractivity contribution in [3.05, 3.63) is 77.4 Å². The molecule has 0 aliphatic carbocycles. The first-order chi connectivity index (χ1) is 12.6. The van der Waals surface area contributed by atoms with Gasteiger partial charge in [0.05, 0.1) is 7.11 Å². The van der Waals surface area contributed by atoms with Gasteiger partial charge in [0, 0.05) is 11.3 Å². The minimum Gasteiger partial charge on any atom is -0.496 e. The number of hydrogen-bond acceptors (Lipinski definition) is 3. The molecule has 0 radical (unpaired) electrons. The number of fused-ring (bicyclic) bond motifs is 1. The van der Waals surface area contributed by atoms with Crippen LogP contribution in [0.15, 0.2) is 66.2 Å². The van der Waals surface area contributed by atoms with Crippen LogP contribution < -0.4 is 10.1 Å². The highest BCUT2D eigenvalue weighted by atomic mass is 16.5. The zero-order valence-electron chi connectivity index (χ0n) is 14.6. The van der Waals surface area contributed by atoms with Crippen LogP contribution in [-0.2, 0) is 4.79 Å². The lowest BCUT2D eigenvalue weighted by Crippen LogP contribution is -2.13. The quantitative estimate of drug-likeness (QED) is 0.552. The van der Waals surface area contributed by atoms with Gasteiger partial charge in [-0.05, 0) is 42.0 Å². The molecular formula is C22H18N2O2. The van der Waals surface area contributed by atoms with Crippen LogP contribution in [0.1, 0.15) is 11.1 Å². The van der Waals surface area contributed by atoms with Crippen LogP contribution in [0.5, 0.6) is 5.75 Å². The summed E-state index contributed by atoms with van der Waals surface area (Å²) >= 11 is 0. The van der Waals surface area contributed by atoms with Crippen LogP contribution in [0.4, 0.5) is 5.69 Å². The first-order valence-corrected chi connectivity index (χ1v) is 8.18. The van der Waals surface area contributed by atoms with E-state index in [9.17, 15) is 10.1 Å². The Morgan fingerprint density at radius 2 is 1.81 bits per heavy atom. The van der Waals surface area contributed by atoms with Crippen LogP contribution in [0.3, 0.4) is 0 Å². The van der Waals surface area contributed by atoms with Gasteiger partial charge < -0.3 is 10.1 Å². The first kappa shape index (κ1) is 17.2. The maximum absolute atomic E-state index is 12.5. The number of benzene rings is 3. The molecule has 0 bridgehead atoms. The zero-order valence-corrected chi connectivity index (χ0v) is 14.6. The van der Waals surface area contributed by atoms with Crippen LogP contribution in [0.2, 0.25) is 0 Å². The molecule has 128 valence electrons. The predicted molar refractivity (Wildman–Crippen MR) is 104 cm³/mol. The molecule has 3 rings (SSSR count). The van der Waals surface area contributed by atoms with E-state index in [1.165, 1.54) is 0 Å². The summed E-state index contributed by atoms with van der Waals surface area (Å²) < 4.78 is 5.42. The third kappa shape index (κ3) is 3.57. The highest BCUT2D eigenvalue weighted by Gasteiger charge is 2.13. The molecule has 3 aromatic rings. The van der Waals surface area contributed by atoms with Crippen molar-refractivity contribution < 1.29 is 9.53 Å². The fourth-order valence-electron chi connectivity index (χ4n) is 2.73. The molecule has 0 heterocycles. The Bertz CT molecular complexity index is 1030. The molecule has 3 aromatic carbocycles. The molecule has 4 heteroatoms. The number of carbonyl (C=O) groups excluding carboxylic acids is 1. The molecule has 0 saturated heterocycles. The molecule has 1 amide bonds. The predicted octanol–water partition coefficient (Wildman–Crippen LogP) is 4.70. The molecule has 0 atom stereocenters. The van der Waals surface area contributed by atoms with Gasteiger partial charge in [0.2, 0.25) is 0 Å². The summed E-state index contributed by atoms with van der Waals surface area (Å²) in [5, 5.41) is 14.2. The van der Waals surface area contributed by atoms with Crippen molar-refractivity contribution in [1.82, 2.24) is 0 Å². The van der Waals surface area contributed by atoms with E-state index in [2.05, 4.69) is 5.32 Å². The second-order valence-electron chi connectivity index (χ2n) is 5.89. The number of methoxy groups -OCH3 is 1. The van der Waals surface area contributed by atoms with E-state index in [4.69, 9.17) is 4.74 Å². The molecule has 0 aromatic heterocycles. The van der Waals surface area contributed by atoms with Gasteiger partial charge in [-0.25, -0.2) is 0 Å². The van der Waals surface area contributed by atoms with E-state index in [1.54, 1.807) is 25.3 Å². The lowest BCUT2D eigenvalue weighted by Gasteiger charge is -2.10. The third-order valence-electron chi connectivity index (χ3n) is 4.11. The van der Waals surface area contributed by atoms with Gasteiger partial charge in [-0.2, -0.15) is 5.26 Å². The maximum atomic E-state index is 12.5. The van der Waals surface area contributed by atoms with Gasteiger partial charge in [-0.15, -0.1) is 0 Å². The van der Waals surface area contributed by atoms with E-state index < -0.39 is 5.91 Å². The Morgan fingerprint density at radius 1 is 1.08 bits per heavy atom. The van der Waals surface area contributed by atoms with E-state index in [0.29, 0.717) is 17.0 Å². The van der Waals surface area contributed by atoms with Crippen LogP contribution >= 0.6 is 0 Å². The Morgan fingerprint density at radius 3 is 2.50 bits per heavy atom. The van der Waals surface area contributed by atoms with Crippen molar-refractivity contribution in [3.63, 3.8) is 0 Å². The molecule has 0 spiro atoms. The minimum atomic E-state index is -0.452. The summed E-state index contributed by atoms with van der Waals surface area (Å²) in [4.78, 5) is 12.5. The number of nitrogens with one attached hydrogen (secondary N) is 1. The van der Waals surface area contributed by atoms with Crippen molar-refractivity contribution >= 4 is 28.4 Å². The van der Waals surface area contributed by atoms with Gasteiger partial charge in [0.1, 0.15) is 17.4 Å². The minimum absolute atomic E-state index is 0.0141. The molecule has 0 fully saturated rings. The molecule has 4 nitrogen and oxygen atoms in total. The number of anilines is 1. The standard InChI is InChI=1S/C22H18N2O2/c1-15-7-10-18(11-8-15)24-22(25)17(14-23)13-20-19-6-4-3-5-16(19)9-12-21(20)26-2/h3-13H,1-2H3,(H,24,25)/b17-13-. The number of nitrogens with zero attached hydrogens (tertiary/aromatic N) is 1. The van der Waals surface area contributed by atoms with Crippen LogP contribution in [-0.4, -0.2) is 13.0 Å². The molecule has 0 saturated carbocycles. The van der Waals surface area contributed by atoms with Gasteiger partial charge >= 0.3 is 0 Å². The Balaban J connectivity index is 2.01. The molecule has 0 aliphatic heterocycles. The SMILES string of the molecule is COc1ccc2ccccc2c1/C=C(/C#N)C(=O)Nc1ccc(C)cc1. The van der Waals surface area contributed by atoms with Crippen LogP contribution in [0, 0.1) is 18.3 Å². The maximum Gasteiger partial charge on any atom is 0.266 e. The number of ether oxygens (including phenoxy) is 1. The fourth-order valence-corrected chi connectivity index (χ4v) is 2.73. The number of amides is 1. The summed E-state index contributed by atoms with van der Waals surface area (Å²) in [6.45, 7) is 1.97. The number of carbonyl (C=O) groups is 1. The van der Waals surface area contributed by atoms with Crippen molar-refractivity contribution in [3.8, 4) is 11.8 Å². The number of rotatable bonds is 4. The highest BCUT2D eigenvalue weighted by molar-refractivity contribution is 6.11. The number of nitriles is 1. The smallest absolute Gasteiger partial charge is 0.266 e. The third-order valence-corrected chi connectivity index (χ3v) is 4.11. The monoisotopic (exact) mass is 342 g/mol. The van der Waals surface area contributed by atoms with Gasteiger partial charge in [-0.1, -0.05) is 48.0 Å². The molecule has 0 unspecified atom stereocenters. The number of aryl methyl sites for hydroxylation is 1. The average molecular weight is 342 g/mol. The number of hydrogen-bond donors (Lipinski definition) is 1. The molecule has 1 N–H and O–H groups in total. The Kier molecular flexibility index (Phi) is 5.00. The second kappa shape index (κ2) is 7.54. The zero-order chi connectivity index (χ0) is 18.5.